The minimum atomic E-state index is -1.68. The number of aromatic nitrogens is 1. The number of carbonyl (C=O) groups excluding carboxylic acids is 7. The van der Waals surface area contributed by atoms with Crippen molar-refractivity contribution in [1.29, 1.82) is 0 Å². The molecule has 7 atom stereocenters. The number of nitrogens with one attached hydrogen (secondary N) is 7. The van der Waals surface area contributed by atoms with E-state index in [0.29, 0.717) is 18.4 Å². The Bertz CT molecular complexity index is 1750. The van der Waals surface area contributed by atoms with Crippen molar-refractivity contribution in [2.45, 2.75) is 94.7 Å². The topological polar surface area (TPSA) is 380 Å². The zero-order valence-corrected chi connectivity index (χ0v) is 30.8. The molecule has 0 aliphatic rings. The second kappa shape index (κ2) is 22.3. The molecule has 7 amide bonds. The number of hydrogen-bond donors (Lipinski definition) is 13. The van der Waals surface area contributed by atoms with Crippen LogP contribution >= 0.6 is 0 Å². The Hall–Kier alpha value is -6.13. The largest absolute Gasteiger partial charge is 0.481 e. The number of para-hydroxylation sites is 1. The number of carboxylic acids is 2. The zero-order valence-electron chi connectivity index (χ0n) is 30.8. The predicted octanol–water partition coefficient (Wildman–Crippen LogP) is -4.46. The summed E-state index contributed by atoms with van der Waals surface area (Å²) in [6, 6.07) is -1.70. The minimum absolute atomic E-state index is 0.0215. The summed E-state index contributed by atoms with van der Waals surface area (Å²) in [6.07, 6.45) is -0.569. The summed E-state index contributed by atoms with van der Waals surface area (Å²) in [5, 5.41) is 42.6. The normalized spacial score (nSPS) is 14.7. The Labute approximate surface area is 320 Å². The molecule has 0 radical (unpaired) electrons. The van der Waals surface area contributed by atoms with Gasteiger partial charge in [-0.2, -0.15) is 0 Å². The molecule has 0 saturated heterocycles. The van der Waals surface area contributed by atoms with E-state index >= 15 is 0 Å². The van der Waals surface area contributed by atoms with Crippen LogP contribution in [0.5, 0.6) is 0 Å². The average Bonchev–Trinajstić information content (AvgIpc) is 3.53. The van der Waals surface area contributed by atoms with Gasteiger partial charge in [-0.3, -0.25) is 38.4 Å². The van der Waals surface area contributed by atoms with Crippen molar-refractivity contribution in [3.63, 3.8) is 0 Å². The fourth-order valence-electron chi connectivity index (χ4n) is 5.32. The molecule has 22 heteroatoms. The van der Waals surface area contributed by atoms with Crippen molar-refractivity contribution >= 4 is 64.2 Å². The van der Waals surface area contributed by atoms with Crippen molar-refractivity contribution in [2.24, 2.45) is 17.2 Å². The van der Waals surface area contributed by atoms with Crippen molar-refractivity contribution in [1.82, 2.24) is 36.9 Å². The molecule has 1 aromatic carbocycles. The molecule has 2 aromatic rings. The quantitative estimate of drug-likeness (QED) is 0.0446. The molecule has 0 aliphatic heterocycles. The van der Waals surface area contributed by atoms with Gasteiger partial charge in [-0.25, -0.2) is 4.79 Å². The Balaban J connectivity index is 2.04. The third-order valence-corrected chi connectivity index (χ3v) is 8.32. The van der Waals surface area contributed by atoms with Crippen LogP contribution in [0.4, 0.5) is 0 Å². The Morgan fingerprint density at radius 2 is 1.39 bits per heavy atom. The Morgan fingerprint density at radius 1 is 0.768 bits per heavy atom. The molecule has 16 N–H and O–H groups in total. The van der Waals surface area contributed by atoms with Crippen LogP contribution in [-0.4, -0.2) is 129 Å². The standard InChI is InChI=1S/C34H50N10O12/c1-16(40-33(54)24(13-27(48)49)43-30(51)20(36)11-18-14-38-21-8-4-3-7-19(18)21)29(50)42-23(12-25(37)46)31(52)39-15-26(47)41-22(9-5-6-10-35)32(53)44-28(17(2)45)34(55)56/h3-4,7-8,14,16-17,20,22-24,28,38,45H,5-6,9-13,15,35-36H2,1-2H3,(H2,37,46)(H,39,52)(H,40,54)(H,41,47)(H,42,50)(H,43,51)(H,44,53)(H,48,49)(H,55,56). The van der Waals surface area contributed by atoms with E-state index in [9.17, 15) is 58.5 Å². The summed E-state index contributed by atoms with van der Waals surface area (Å²) in [7, 11) is 0. The first-order valence-electron chi connectivity index (χ1n) is 17.5. The number of nitrogens with two attached hydrogens (primary N) is 3. The highest BCUT2D eigenvalue weighted by Gasteiger charge is 2.32. The minimum Gasteiger partial charge on any atom is -0.481 e. The van der Waals surface area contributed by atoms with Crippen molar-refractivity contribution in [2.75, 3.05) is 13.1 Å². The lowest BCUT2D eigenvalue weighted by molar-refractivity contribution is -0.145. The maximum atomic E-state index is 13.1. The van der Waals surface area contributed by atoms with Gasteiger partial charge < -0.3 is 69.4 Å². The molecule has 0 bridgehead atoms. The second-order valence-corrected chi connectivity index (χ2v) is 13.0. The van der Waals surface area contributed by atoms with Crippen LogP contribution in [0.15, 0.2) is 30.5 Å². The van der Waals surface area contributed by atoms with Crippen molar-refractivity contribution in [3.05, 3.63) is 36.0 Å². The van der Waals surface area contributed by atoms with Crippen molar-refractivity contribution in [3.8, 4) is 0 Å². The molecule has 308 valence electrons. The first-order chi connectivity index (χ1) is 26.3. The van der Waals surface area contributed by atoms with Gasteiger partial charge in [-0.15, -0.1) is 0 Å². The number of hydrogen-bond acceptors (Lipinski definition) is 12. The second-order valence-electron chi connectivity index (χ2n) is 13.0. The lowest BCUT2D eigenvalue weighted by atomic mass is 10.0. The molecule has 1 heterocycles. The van der Waals surface area contributed by atoms with E-state index in [2.05, 4.69) is 36.9 Å². The summed E-state index contributed by atoms with van der Waals surface area (Å²) >= 11 is 0. The molecule has 22 nitrogen and oxygen atoms in total. The third kappa shape index (κ3) is 14.9. The predicted molar refractivity (Wildman–Crippen MR) is 197 cm³/mol. The van der Waals surface area contributed by atoms with Crippen LogP contribution < -0.4 is 49.1 Å². The fraction of sp³-hybridized carbons (Fsp3) is 0.500. The Kier molecular flexibility index (Phi) is 18.3. The lowest BCUT2D eigenvalue weighted by Crippen LogP contribution is -2.58. The van der Waals surface area contributed by atoms with E-state index < -0.39 is 115 Å². The number of carboxylic acid groups (broad SMARTS) is 2. The number of primary amides is 1. The highest BCUT2D eigenvalue weighted by atomic mass is 16.4. The molecule has 1 aromatic heterocycles. The zero-order chi connectivity index (χ0) is 42.1. The van der Waals surface area contributed by atoms with E-state index in [1.54, 1.807) is 12.3 Å². The van der Waals surface area contributed by atoms with Gasteiger partial charge in [0.15, 0.2) is 6.04 Å². The molecule has 7 unspecified atom stereocenters. The molecular formula is C34H50N10O12. The van der Waals surface area contributed by atoms with Gasteiger partial charge in [-0.05, 0) is 57.7 Å². The summed E-state index contributed by atoms with van der Waals surface area (Å²) in [6.45, 7) is 1.80. The van der Waals surface area contributed by atoms with E-state index in [0.717, 1.165) is 17.8 Å². The SMILES string of the molecule is CC(NC(=O)C(CC(=O)O)NC(=O)C(N)Cc1c[nH]c2ccccc12)C(=O)NC(CC(N)=O)C(=O)NCC(=O)NC(CCCCN)C(=O)NC(C(=O)O)C(C)O. The van der Waals surface area contributed by atoms with E-state index in [-0.39, 0.29) is 19.4 Å². The van der Waals surface area contributed by atoms with Gasteiger partial charge in [0.1, 0.15) is 24.2 Å². The van der Waals surface area contributed by atoms with Crippen molar-refractivity contribution < 1.29 is 58.5 Å². The fourth-order valence-corrected chi connectivity index (χ4v) is 5.32. The number of rotatable bonds is 24. The third-order valence-electron chi connectivity index (χ3n) is 8.32. The van der Waals surface area contributed by atoms with E-state index in [4.69, 9.17) is 17.2 Å². The summed E-state index contributed by atoms with van der Waals surface area (Å²) in [5.41, 5.74) is 18.3. The number of benzene rings is 1. The number of H-pyrrole nitrogens is 1. The summed E-state index contributed by atoms with van der Waals surface area (Å²) < 4.78 is 0. The van der Waals surface area contributed by atoms with E-state index in [1.807, 2.05) is 18.2 Å². The number of aliphatic hydroxyl groups excluding tert-OH is 1. The van der Waals surface area contributed by atoms with Crippen LogP contribution in [0.25, 0.3) is 10.9 Å². The maximum Gasteiger partial charge on any atom is 0.328 e. The number of carbonyl (C=O) groups is 9. The molecule has 2 rings (SSSR count). The Morgan fingerprint density at radius 3 is 2.00 bits per heavy atom. The first-order valence-corrected chi connectivity index (χ1v) is 17.5. The van der Waals surface area contributed by atoms with Crippen LogP contribution in [0.1, 0.15) is 51.5 Å². The lowest BCUT2D eigenvalue weighted by Gasteiger charge is -2.24. The van der Waals surface area contributed by atoms with Crippen LogP contribution in [0, 0.1) is 0 Å². The number of unbranched alkanes of at least 4 members (excludes halogenated alkanes) is 1. The number of aliphatic hydroxyl groups is 1. The van der Waals surface area contributed by atoms with Gasteiger partial charge in [-0.1, -0.05) is 18.2 Å². The number of amides is 7. The summed E-state index contributed by atoms with van der Waals surface area (Å²) in [5.74, 6) is -9.90. The molecule has 0 saturated carbocycles. The molecule has 0 aliphatic carbocycles. The molecular weight excluding hydrogens is 740 g/mol. The van der Waals surface area contributed by atoms with Crippen LogP contribution in [-0.2, 0) is 49.6 Å². The summed E-state index contributed by atoms with van der Waals surface area (Å²) in [4.78, 5) is 115. The first kappa shape index (κ1) is 46.0. The van der Waals surface area contributed by atoms with Crippen LogP contribution in [0.2, 0.25) is 0 Å². The highest BCUT2D eigenvalue weighted by molar-refractivity contribution is 5.98. The van der Waals surface area contributed by atoms with Crippen LogP contribution in [0.3, 0.4) is 0 Å². The molecule has 0 fully saturated rings. The highest BCUT2D eigenvalue weighted by Crippen LogP contribution is 2.19. The van der Waals surface area contributed by atoms with Gasteiger partial charge in [0.2, 0.25) is 41.4 Å². The number of fused-ring (bicyclic) bond motifs is 1. The number of aromatic amines is 1. The smallest absolute Gasteiger partial charge is 0.328 e. The van der Waals surface area contributed by atoms with Gasteiger partial charge in [0.25, 0.3) is 0 Å². The van der Waals surface area contributed by atoms with Gasteiger partial charge >= 0.3 is 11.9 Å². The van der Waals surface area contributed by atoms with E-state index in [1.165, 1.54) is 6.92 Å². The maximum absolute atomic E-state index is 13.1. The average molecular weight is 791 g/mol. The number of aliphatic carboxylic acids is 2. The van der Waals surface area contributed by atoms with Gasteiger partial charge in [0, 0.05) is 17.1 Å². The monoisotopic (exact) mass is 790 g/mol. The molecule has 56 heavy (non-hydrogen) atoms. The molecule has 0 spiro atoms. The van der Waals surface area contributed by atoms with Gasteiger partial charge in [0.05, 0.1) is 31.5 Å².